The van der Waals surface area contributed by atoms with Gasteiger partial charge in [-0.1, -0.05) is 11.6 Å². The van der Waals surface area contributed by atoms with Gasteiger partial charge >= 0.3 is 12.1 Å². The quantitative estimate of drug-likeness (QED) is 0.886. The van der Waals surface area contributed by atoms with Crippen LogP contribution in [0.15, 0.2) is 23.1 Å². The van der Waals surface area contributed by atoms with E-state index in [1.54, 1.807) is 0 Å². The second-order valence-electron chi connectivity index (χ2n) is 5.19. The maximum atomic E-state index is 12.8. The molecule has 128 valence electrons. The molecule has 0 bridgehead atoms. The highest BCUT2D eigenvalue weighted by Crippen LogP contribution is 2.34. The Hall–Kier alpha value is -1.32. The topological polar surface area (TPSA) is 74.7 Å². The number of halogens is 4. The first-order valence-electron chi connectivity index (χ1n) is 6.62. The summed E-state index contributed by atoms with van der Waals surface area (Å²) in [5.74, 6) is -1.66. The highest BCUT2D eigenvalue weighted by molar-refractivity contribution is 7.89. The van der Waals surface area contributed by atoms with Crippen LogP contribution in [0.25, 0.3) is 0 Å². The Balaban J connectivity index is 2.30. The number of hydrogen-bond donors (Lipinski definition) is 1. The molecule has 0 radical (unpaired) electrons. The van der Waals surface area contributed by atoms with Crippen molar-refractivity contribution in [2.24, 2.45) is 5.92 Å². The van der Waals surface area contributed by atoms with Crippen LogP contribution in [0.2, 0.25) is 5.02 Å². The van der Waals surface area contributed by atoms with Crippen LogP contribution in [0.1, 0.15) is 18.4 Å². The predicted octanol–water partition coefficient (Wildman–Crippen LogP) is 2.84. The van der Waals surface area contributed by atoms with Gasteiger partial charge in [0, 0.05) is 18.1 Å². The molecule has 10 heteroatoms. The van der Waals surface area contributed by atoms with Crippen LogP contribution in [0.4, 0.5) is 13.2 Å². The second-order valence-corrected chi connectivity index (χ2v) is 7.56. The Kier molecular flexibility index (Phi) is 4.93. The number of carbonyl (C=O) groups is 1. The monoisotopic (exact) mass is 371 g/mol. The fraction of sp³-hybridized carbons (Fsp3) is 0.462. The fourth-order valence-electron chi connectivity index (χ4n) is 2.37. The minimum Gasteiger partial charge on any atom is -0.481 e. The maximum Gasteiger partial charge on any atom is 0.416 e. The van der Waals surface area contributed by atoms with E-state index in [4.69, 9.17) is 16.7 Å². The third-order valence-electron chi connectivity index (χ3n) is 3.64. The molecule has 0 unspecified atom stereocenters. The van der Waals surface area contributed by atoms with Crippen molar-refractivity contribution in [3.8, 4) is 0 Å². The zero-order valence-electron chi connectivity index (χ0n) is 11.7. The van der Waals surface area contributed by atoms with E-state index < -0.39 is 38.5 Å². The van der Waals surface area contributed by atoms with Gasteiger partial charge in [-0.15, -0.1) is 0 Å². The normalized spacial score (nSPS) is 18.1. The van der Waals surface area contributed by atoms with Crippen LogP contribution < -0.4 is 0 Å². The molecule has 2 rings (SSSR count). The van der Waals surface area contributed by atoms with Gasteiger partial charge in [0.05, 0.1) is 16.4 Å². The van der Waals surface area contributed by atoms with Crippen LogP contribution in [0, 0.1) is 5.92 Å². The van der Waals surface area contributed by atoms with E-state index >= 15 is 0 Å². The number of aliphatic carboxylic acids is 1. The van der Waals surface area contributed by atoms with Gasteiger partial charge in [-0.25, -0.2) is 8.42 Å². The standard InChI is InChI=1S/C13H13ClF3NO4S/c14-10-5-9(13(15,16)17)6-11(7-10)23(21,22)18-3-1-8(2-4-18)12(19)20/h5-8H,1-4H2,(H,19,20). The van der Waals surface area contributed by atoms with Crippen molar-refractivity contribution in [2.75, 3.05) is 13.1 Å². The largest absolute Gasteiger partial charge is 0.481 e. The van der Waals surface area contributed by atoms with Crippen molar-refractivity contribution in [2.45, 2.75) is 23.9 Å². The lowest BCUT2D eigenvalue weighted by atomic mass is 9.99. The lowest BCUT2D eigenvalue weighted by Crippen LogP contribution is -2.40. The van der Waals surface area contributed by atoms with Crippen LogP contribution in [-0.2, 0) is 21.0 Å². The molecule has 1 aliphatic rings. The molecule has 1 aromatic rings. The highest BCUT2D eigenvalue weighted by atomic mass is 35.5. The molecule has 0 amide bonds. The van der Waals surface area contributed by atoms with Gasteiger partial charge in [0.15, 0.2) is 0 Å². The van der Waals surface area contributed by atoms with Crippen molar-refractivity contribution in [3.63, 3.8) is 0 Å². The van der Waals surface area contributed by atoms with Gasteiger partial charge < -0.3 is 5.11 Å². The molecule has 23 heavy (non-hydrogen) atoms. The van der Waals surface area contributed by atoms with Crippen molar-refractivity contribution in [1.82, 2.24) is 4.31 Å². The van der Waals surface area contributed by atoms with Gasteiger partial charge in [-0.3, -0.25) is 4.79 Å². The van der Waals surface area contributed by atoms with E-state index in [1.165, 1.54) is 0 Å². The molecule has 0 atom stereocenters. The average molecular weight is 372 g/mol. The molecule has 1 aromatic carbocycles. The summed E-state index contributed by atoms with van der Waals surface area (Å²) < 4.78 is 64.2. The van der Waals surface area contributed by atoms with E-state index in [9.17, 15) is 26.4 Å². The number of alkyl halides is 3. The first-order valence-corrected chi connectivity index (χ1v) is 8.44. The molecule has 1 fully saturated rings. The van der Waals surface area contributed by atoms with Crippen LogP contribution in [0.3, 0.4) is 0 Å². The lowest BCUT2D eigenvalue weighted by Gasteiger charge is -2.29. The Labute approximate surface area is 135 Å². The van der Waals surface area contributed by atoms with Gasteiger partial charge in [-0.05, 0) is 31.0 Å². The predicted molar refractivity (Wildman–Crippen MR) is 75.6 cm³/mol. The Morgan fingerprint density at radius 2 is 1.78 bits per heavy atom. The molecular weight excluding hydrogens is 359 g/mol. The van der Waals surface area contributed by atoms with Crippen LogP contribution in [-0.4, -0.2) is 36.9 Å². The summed E-state index contributed by atoms with van der Waals surface area (Å²) in [5, 5.41) is 8.56. The Morgan fingerprint density at radius 1 is 1.22 bits per heavy atom. The van der Waals surface area contributed by atoms with Gasteiger partial charge in [0.2, 0.25) is 10.0 Å². The first kappa shape index (κ1) is 18.0. The third kappa shape index (κ3) is 3.96. The summed E-state index contributed by atoms with van der Waals surface area (Å²) in [5.41, 5.74) is -1.15. The van der Waals surface area contributed by atoms with Crippen molar-refractivity contribution in [3.05, 3.63) is 28.8 Å². The summed E-state index contributed by atoms with van der Waals surface area (Å²) in [6, 6.07) is 2.14. The second kappa shape index (κ2) is 6.29. The molecule has 1 saturated heterocycles. The number of sulfonamides is 1. The first-order chi connectivity index (χ1) is 10.5. The summed E-state index contributed by atoms with van der Waals surface area (Å²) in [7, 11) is -4.16. The lowest BCUT2D eigenvalue weighted by molar-refractivity contribution is -0.143. The summed E-state index contributed by atoms with van der Waals surface area (Å²) in [6.45, 7) is -0.125. The van der Waals surface area contributed by atoms with E-state index in [2.05, 4.69) is 0 Å². The maximum absolute atomic E-state index is 12.8. The number of hydrogen-bond acceptors (Lipinski definition) is 3. The van der Waals surface area contributed by atoms with Crippen LogP contribution >= 0.6 is 11.6 Å². The van der Waals surface area contributed by atoms with E-state index in [0.29, 0.717) is 12.1 Å². The summed E-state index contributed by atoms with van der Waals surface area (Å²) in [6.07, 6.45) is -4.49. The zero-order valence-corrected chi connectivity index (χ0v) is 13.2. The minimum absolute atomic E-state index is 0.0623. The molecule has 1 heterocycles. The smallest absolute Gasteiger partial charge is 0.416 e. The van der Waals surface area contributed by atoms with Gasteiger partial charge in [0.25, 0.3) is 0 Å². The van der Waals surface area contributed by atoms with Crippen molar-refractivity contribution < 1.29 is 31.5 Å². The number of benzene rings is 1. The number of rotatable bonds is 3. The Bertz CT molecular complexity index is 712. The Morgan fingerprint density at radius 3 is 2.26 bits per heavy atom. The SMILES string of the molecule is O=C(O)C1CCN(S(=O)(=O)c2cc(Cl)cc(C(F)(F)F)c2)CC1. The number of nitrogens with zero attached hydrogens (tertiary/aromatic N) is 1. The van der Waals surface area contributed by atoms with Gasteiger partial charge in [-0.2, -0.15) is 17.5 Å². The molecule has 5 nitrogen and oxygen atoms in total. The van der Waals surface area contributed by atoms with E-state index in [1.807, 2.05) is 0 Å². The fourth-order valence-corrected chi connectivity index (χ4v) is 4.21. The van der Waals surface area contributed by atoms with E-state index in [-0.39, 0.29) is 31.0 Å². The van der Waals surface area contributed by atoms with Gasteiger partial charge in [0.1, 0.15) is 0 Å². The third-order valence-corrected chi connectivity index (χ3v) is 5.73. The molecular formula is C13H13ClF3NO4S. The molecule has 0 aromatic heterocycles. The highest BCUT2D eigenvalue weighted by Gasteiger charge is 2.35. The summed E-state index contributed by atoms with van der Waals surface area (Å²) >= 11 is 5.61. The number of carboxylic acid groups (broad SMARTS) is 1. The molecule has 0 aliphatic carbocycles. The molecule has 0 saturated carbocycles. The average Bonchev–Trinajstić information content (AvgIpc) is 2.45. The zero-order chi connectivity index (χ0) is 17.4. The number of carboxylic acids is 1. The summed E-state index contributed by atoms with van der Waals surface area (Å²) in [4.78, 5) is 10.3. The minimum atomic E-state index is -4.72. The van der Waals surface area contributed by atoms with Crippen molar-refractivity contribution in [1.29, 1.82) is 0 Å². The van der Waals surface area contributed by atoms with E-state index in [0.717, 1.165) is 10.4 Å². The van der Waals surface area contributed by atoms with Crippen LogP contribution in [0.5, 0.6) is 0 Å². The molecule has 1 aliphatic heterocycles. The molecule has 1 N–H and O–H groups in total. The number of piperidine rings is 1. The van der Waals surface area contributed by atoms with Crippen molar-refractivity contribution >= 4 is 27.6 Å². The molecule has 0 spiro atoms.